The molecule has 0 radical (unpaired) electrons. The van der Waals surface area contributed by atoms with Crippen molar-refractivity contribution in [2.24, 2.45) is 0 Å². The van der Waals surface area contributed by atoms with Gasteiger partial charge in [-0.2, -0.15) is 0 Å². The highest BCUT2D eigenvalue weighted by molar-refractivity contribution is 5.96. The zero-order valence-corrected chi connectivity index (χ0v) is 28.3. The van der Waals surface area contributed by atoms with Crippen LogP contribution in [0.3, 0.4) is 0 Å². The molecule has 6 aromatic carbocycles. The molecule has 52 heavy (non-hydrogen) atoms. The van der Waals surface area contributed by atoms with E-state index in [0.717, 1.165) is 83.5 Å². The van der Waals surface area contributed by atoms with Crippen LogP contribution in [-0.4, -0.2) is 19.9 Å². The molecule has 0 N–H and O–H groups in total. The van der Waals surface area contributed by atoms with Gasteiger partial charge >= 0.3 is 0 Å². The predicted octanol–water partition coefficient (Wildman–Crippen LogP) is 12.1. The zero-order valence-electron chi connectivity index (χ0n) is 28.3. The third-order valence-corrected chi connectivity index (χ3v) is 9.43. The molecule has 0 amide bonds. The fraction of sp³-hybridized carbons (Fsp3) is 0. The smallest absolute Gasteiger partial charge is 0.160 e. The van der Waals surface area contributed by atoms with Crippen molar-refractivity contribution in [3.63, 3.8) is 0 Å². The SMILES string of the molecule is c1ccc(-c2ccc3nc(-c4cc(-c5ccc(-c6cccnc6)cc5)cc(-c5ccc(-c6ccccn6)cc5)c4)nc(-c4ccccc4)c3c2)cc1. The van der Waals surface area contributed by atoms with E-state index in [0.29, 0.717) is 5.82 Å². The lowest BCUT2D eigenvalue weighted by Crippen LogP contribution is -1.97. The van der Waals surface area contributed by atoms with Crippen LogP contribution in [0.5, 0.6) is 0 Å². The Morgan fingerprint density at radius 2 is 0.885 bits per heavy atom. The van der Waals surface area contributed by atoms with E-state index in [1.165, 1.54) is 0 Å². The van der Waals surface area contributed by atoms with Gasteiger partial charge in [0.15, 0.2) is 5.82 Å². The molecule has 4 heteroatoms. The second kappa shape index (κ2) is 13.7. The van der Waals surface area contributed by atoms with Gasteiger partial charge in [0.05, 0.1) is 16.9 Å². The molecule has 4 nitrogen and oxygen atoms in total. The number of benzene rings is 6. The molecule has 0 bridgehead atoms. The predicted molar refractivity (Wildman–Crippen MR) is 213 cm³/mol. The Bertz CT molecular complexity index is 2520. The number of rotatable bonds is 7. The number of aromatic nitrogens is 4. The van der Waals surface area contributed by atoms with Gasteiger partial charge in [-0.3, -0.25) is 9.97 Å². The van der Waals surface area contributed by atoms with Gasteiger partial charge in [-0.15, -0.1) is 0 Å². The minimum atomic E-state index is 0.680. The van der Waals surface area contributed by atoms with E-state index < -0.39 is 0 Å². The van der Waals surface area contributed by atoms with Crippen LogP contribution in [0.25, 0.3) is 89.3 Å². The lowest BCUT2D eigenvalue weighted by Gasteiger charge is -2.14. The van der Waals surface area contributed by atoms with Gasteiger partial charge < -0.3 is 0 Å². The monoisotopic (exact) mass is 664 g/mol. The number of fused-ring (bicyclic) bond motifs is 1. The van der Waals surface area contributed by atoms with Crippen molar-refractivity contribution < 1.29 is 0 Å². The molecule has 9 aromatic rings. The molecule has 0 saturated carbocycles. The average Bonchev–Trinajstić information content (AvgIpc) is 3.24. The molecule has 3 heterocycles. The fourth-order valence-electron chi connectivity index (χ4n) is 6.73. The highest BCUT2D eigenvalue weighted by Gasteiger charge is 2.15. The van der Waals surface area contributed by atoms with Crippen molar-refractivity contribution in [1.82, 2.24) is 19.9 Å². The van der Waals surface area contributed by atoms with Crippen molar-refractivity contribution in [2.45, 2.75) is 0 Å². The van der Waals surface area contributed by atoms with Crippen molar-refractivity contribution in [3.05, 3.63) is 195 Å². The van der Waals surface area contributed by atoms with E-state index >= 15 is 0 Å². The van der Waals surface area contributed by atoms with Crippen molar-refractivity contribution in [1.29, 1.82) is 0 Å². The van der Waals surface area contributed by atoms with Crippen LogP contribution < -0.4 is 0 Å². The minimum Gasteiger partial charge on any atom is -0.264 e. The Kier molecular flexibility index (Phi) is 8.16. The molecule has 244 valence electrons. The standard InChI is InChI=1S/C48H32N4/c1-3-10-33(11-4-1)39-24-25-46-44(31-39)47(38-12-5-2-6-13-38)52-48(51-46)43-29-41(35-18-16-34(17-19-35)40-14-9-26-49-32-40)28-42(30-43)36-20-22-37(23-21-36)45-15-7-8-27-50-45/h1-32H. The van der Waals surface area contributed by atoms with E-state index in [4.69, 9.17) is 9.97 Å². The molecule has 9 rings (SSSR count). The van der Waals surface area contributed by atoms with Gasteiger partial charge in [0, 0.05) is 40.7 Å². The quantitative estimate of drug-likeness (QED) is 0.170. The normalized spacial score (nSPS) is 11.1. The molecule has 0 aliphatic heterocycles. The summed E-state index contributed by atoms with van der Waals surface area (Å²) in [6, 6.07) is 61.3. The average molecular weight is 665 g/mol. The van der Waals surface area contributed by atoms with E-state index in [1.54, 1.807) is 6.20 Å². The Balaban J connectivity index is 1.20. The Morgan fingerprint density at radius 1 is 0.327 bits per heavy atom. The van der Waals surface area contributed by atoms with E-state index in [9.17, 15) is 0 Å². The molecule has 0 aliphatic rings. The number of hydrogen-bond donors (Lipinski definition) is 0. The summed E-state index contributed by atoms with van der Waals surface area (Å²) in [6.45, 7) is 0. The summed E-state index contributed by atoms with van der Waals surface area (Å²) >= 11 is 0. The molecular formula is C48H32N4. The molecule has 3 aromatic heterocycles. The number of hydrogen-bond acceptors (Lipinski definition) is 4. The first-order valence-electron chi connectivity index (χ1n) is 17.4. The molecule has 0 aliphatic carbocycles. The third kappa shape index (κ3) is 6.26. The van der Waals surface area contributed by atoms with Crippen LogP contribution in [0.4, 0.5) is 0 Å². The second-order valence-electron chi connectivity index (χ2n) is 12.8. The summed E-state index contributed by atoms with van der Waals surface area (Å²) in [6.07, 6.45) is 5.52. The molecule has 0 atom stereocenters. The van der Waals surface area contributed by atoms with Gasteiger partial charge in [-0.1, -0.05) is 127 Å². The van der Waals surface area contributed by atoms with Gasteiger partial charge in [0.2, 0.25) is 0 Å². The first-order chi connectivity index (χ1) is 25.7. The van der Waals surface area contributed by atoms with Crippen molar-refractivity contribution in [2.75, 3.05) is 0 Å². The zero-order chi connectivity index (χ0) is 34.7. The number of pyridine rings is 2. The van der Waals surface area contributed by atoms with Crippen LogP contribution in [-0.2, 0) is 0 Å². The largest absolute Gasteiger partial charge is 0.264 e. The van der Waals surface area contributed by atoms with Crippen LogP contribution in [0.1, 0.15) is 0 Å². The minimum absolute atomic E-state index is 0.680. The highest BCUT2D eigenvalue weighted by Crippen LogP contribution is 2.37. The van der Waals surface area contributed by atoms with Crippen LogP contribution in [0.15, 0.2) is 195 Å². The highest BCUT2D eigenvalue weighted by atomic mass is 14.9. The maximum absolute atomic E-state index is 5.33. The second-order valence-corrected chi connectivity index (χ2v) is 12.8. The summed E-state index contributed by atoms with van der Waals surface area (Å²) in [5, 5.41) is 1.02. The molecule has 0 unspecified atom stereocenters. The summed E-state index contributed by atoms with van der Waals surface area (Å²) in [5.41, 5.74) is 14.7. The van der Waals surface area contributed by atoms with E-state index in [2.05, 4.69) is 149 Å². The maximum atomic E-state index is 5.33. The number of nitrogens with zero attached hydrogens (tertiary/aromatic N) is 4. The van der Waals surface area contributed by atoms with Gasteiger partial charge in [0.25, 0.3) is 0 Å². The maximum Gasteiger partial charge on any atom is 0.160 e. The topological polar surface area (TPSA) is 51.6 Å². The summed E-state index contributed by atoms with van der Waals surface area (Å²) in [4.78, 5) is 19.4. The molecule has 0 saturated heterocycles. The van der Waals surface area contributed by atoms with Gasteiger partial charge in [-0.05, 0) is 93.0 Å². The molecular weight excluding hydrogens is 633 g/mol. The first-order valence-corrected chi connectivity index (χ1v) is 17.4. The summed E-state index contributed by atoms with van der Waals surface area (Å²) in [7, 11) is 0. The van der Waals surface area contributed by atoms with Crippen LogP contribution in [0.2, 0.25) is 0 Å². The van der Waals surface area contributed by atoms with Gasteiger partial charge in [-0.25, -0.2) is 9.97 Å². The first kappa shape index (κ1) is 31.0. The van der Waals surface area contributed by atoms with Crippen molar-refractivity contribution in [3.8, 4) is 78.4 Å². The van der Waals surface area contributed by atoms with Gasteiger partial charge in [0.1, 0.15) is 0 Å². The summed E-state index contributed by atoms with van der Waals surface area (Å²) in [5.74, 6) is 0.680. The summed E-state index contributed by atoms with van der Waals surface area (Å²) < 4.78 is 0. The lowest BCUT2D eigenvalue weighted by atomic mass is 9.94. The van der Waals surface area contributed by atoms with E-state index in [1.807, 2.05) is 48.8 Å². The van der Waals surface area contributed by atoms with Crippen molar-refractivity contribution >= 4 is 10.9 Å². The Labute approximate surface area is 302 Å². The van der Waals surface area contributed by atoms with Crippen LogP contribution in [0, 0.1) is 0 Å². The third-order valence-electron chi connectivity index (χ3n) is 9.43. The van der Waals surface area contributed by atoms with Crippen LogP contribution >= 0.6 is 0 Å². The molecule has 0 spiro atoms. The van der Waals surface area contributed by atoms with E-state index in [-0.39, 0.29) is 0 Å². The Morgan fingerprint density at radius 3 is 1.52 bits per heavy atom. The Hall–Kier alpha value is -7.04. The lowest BCUT2D eigenvalue weighted by molar-refractivity contribution is 1.23. The molecule has 0 fully saturated rings. The fourth-order valence-corrected chi connectivity index (χ4v) is 6.73.